The van der Waals surface area contributed by atoms with Crippen LogP contribution in [-0.4, -0.2) is 45.2 Å². The summed E-state index contributed by atoms with van der Waals surface area (Å²) < 4.78 is 30.3. The van der Waals surface area contributed by atoms with Crippen LogP contribution in [-0.2, 0) is 19.6 Å². The van der Waals surface area contributed by atoms with Gasteiger partial charge >= 0.3 is 5.97 Å². The Balaban J connectivity index is 2.96. The number of aryl methyl sites for hydroxylation is 1. The molecule has 1 aromatic carbocycles. The molecular weight excluding hydrogens is 300 g/mol. The zero-order chi connectivity index (χ0) is 16.2. The molecule has 8 nitrogen and oxygen atoms in total. The molecule has 0 saturated carbocycles. The largest absolute Gasteiger partial charge is 0.467 e. The summed E-state index contributed by atoms with van der Waals surface area (Å²) in [6.07, 6.45) is -1.62. The number of primary amides is 1. The molecule has 0 aliphatic heterocycles. The predicted octanol–water partition coefficient (Wildman–Crippen LogP) is -1.09. The smallest absolute Gasteiger partial charge is 0.336 e. The molecule has 1 unspecified atom stereocenters. The number of aliphatic hydroxyl groups is 1. The van der Waals surface area contributed by atoms with E-state index in [1.165, 1.54) is 12.1 Å². The number of carbonyl (C=O) groups is 2. The van der Waals surface area contributed by atoms with Crippen LogP contribution in [0.4, 0.5) is 0 Å². The quantitative estimate of drug-likeness (QED) is 0.570. The lowest BCUT2D eigenvalue weighted by Gasteiger charge is -2.11. The van der Waals surface area contributed by atoms with Crippen molar-refractivity contribution in [2.45, 2.75) is 17.9 Å². The molecule has 0 saturated heterocycles. The molecule has 0 aliphatic carbocycles. The van der Waals surface area contributed by atoms with Gasteiger partial charge in [0.15, 0.2) is 6.10 Å². The van der Waals surface area contributed by atoms with Crippen molar-refractivity contribution in [3.8, 4) is 0 Å². The molecule has 1 atom stereocenters. The van der Waals surface area contributed by atoms with Crippen LogP contribution in [0.3, 0.4) is 0 Å². The maximum absolute atomic E-state index is 12.0. The van der Waals surface area contributed by atoms with Crippen molar-refractivity contribution in [2.75, 3.05) is 13.7 Å². The van der Waals surface area contributed by atoms with Crippen molar-refractivity contribution < 1.29 is 27.9 Å². The first-order chi connectivity index (χ1) is 9.69. The second-order valence-corrected chi connectivity index (χ2v) is 6.00. The molecule has 116 valence electrons. The number of sulfonamides is 1. The molecule has 9 heteroatoms. The first-order valence-corrected chi connectivity index (χ1v) is 7.33. The number of rotatable bonds is 6. The number of nitrogens with two attached hydrogens (primary N) is 1. The molecule has 0 aliphatic rings. The highest BCUT2D eigenvalue weighted by molar-refractivity contribution is 7.89. The van der Waals surface area contributed by atoms with E-state index in [2.05, 4.69) is 4.74 Å². The Hall–Kier alpha value is -1.97. The van der Waals surface area contributed by atoms with Crippen molar-refractivity contribution in [3.63, 3.8) is 0 Å². The van der Waals surface area contributed by atoms with Gasteiger partial charge in [-0.05, 0) is 24.6 Å². The lowest BCUT2D eigenvalue weighted by Crippen LogP contribution is -2.37. The highest BCUT2D eigenvalue weighted by Crippen LogP contribution is 2.15. The third kappa shape index (κ3) is 4.25. The molecule has 0 bridgehead atoms. The van der Waals surface area contributed by atoms with Gasteiger partial charge in [0.2, 0.25) is 15.9 Å². The number of carbonyl (C=O) groups excluding carboxylic acids is 2. The summed E-state index contributed by atoms with van der Waals surface area (Å²) in [7, 11) is -2.93. The van der Waals surface area contributed by atoms with E-state index in [0.29, 0.717) is 5.56 Å². The Kier molecular flexibility index (Phi) is 5.41. The molecule has 0 aromatic heterocycles. The number of esters is 1. The van der Waals surface area contributed by atoms with Gasteiger partial charge in [0.1, 0.15) is 0 Å². The van der Waals surface area contributed by atoms with Crippen molar-refractivity contribution in [1.82, 2.24) is 4.72 Å². The average Bonchev–Trinajstić information content (AvgIpc) is 2.43. The third-order valence-electron chi connectivity index (χ3n) is 2.72. The second kappa shape index (κ2) is 6.66. The van der Waals surface area contributed by atoms with Gasteiger partial charge in [-0.15, -0.1) is 0 Å². The van der Waals surface area contributed by atoms with Gasteiger partial charge in [-0.2, -0.15) is 0 Å². The zero-order valence-corrected chi connectivity index (χ0v) is 12.3. The van der Waals surface area contributed by atoms with Crippen molar-refractivity contribution >= 4 is 21.9 Å². The number of hydrogen-bond acceptors (Lipinski definition) is 6. The van der Waals surface area contributed by atoms with Gasteiger partial charge < -0.3 is 15.6 Å². The van der Waals surface area contributed by atoms with E-state index in [0.717, 1.165) is 13.2 Å². The van der Waals surface area contributed by atoms with Crippen LogP contribution in [0.1, 0.15) is 15.9 Å². The Morgan fingerprint density at radius 1 is 1.43 bits per heavy atom. The maximum atomic E-state index is 12.0. The molecule has 0 radical (unpaired) electrons. The average molecular weight is 316 g/mol. The van der Waals surface area contributed by atoms with Crippen molar-refractivity contribution in [3.05, 3.63) is 29.3 Å². The standard InChI is InChI=1S/C12H16N2O6S/c1-7-3-4-8(5-9(7)11(13)16)21(18,19)14-6-10(15)12(17)20-2/h3-5,10,14-15H,6H2,1-2H3,(H2,13,16). The number of amides is 1. The van der Waals surface area contributed by atoms with Crippen LogP contribution < -0.4 is 10.5 Å². The summed E-state index contributed by atoms with van der Waals surface area (Å²) in [5.41, 5.74) is 5.76. The zero-order valence-electron chi connectivity index (χ0n) is 11.5. The van der Waals surface area contributed by atoms with Crippen molar-refractivity contribution in [2.24, 2.45) is 5.73 Å². The summed E-state index contributed by atoms with van der Waals surface area (Å²) in [4.78, 5) is 22.0. The van der Waals surface area contributed by atoms with E-state index in [-0.39, 0.29) is 10.5 Å². The monoisotopic (exact) mass is 316 g/mol. The van der Waals surface area contributed by atoms with Crippen LogP contribution in [0.5, 0.6) is 0 Å². The predicted molar refractivity (Wildman–Crippen MR) is 72.9 cm³/mol. The highest BCUT2D eigenvalue weighted by atomic mass is 32.2. The number of nitrogens with one attached hydrogen (secondary N) is 1. The number of hydrogen-bond donors (Lipinski definition) is 3. The van der Waals surface area contributed by atoms with Gasteiger partial charge in [0.25, 0.3) is 0 Å². The lowest BCUT2D eigenvalue weighted by atomic mass is 10.1. The number of aliphatic hydroxyl groups excluding tert-OH is 1. The first-order valence-electron chi connectivity index (χ1n) is 5.85. The third-order valence-corrected chi connectivity index (χ3v) is 4.15. The topological polar surface area (TPSA) is 136 Å². The normalized spacial score (nSPS) is 12.7. The van der Waals surface area contributed by atoms with Crippen LogP contribution in [0.15, 0.2) is 23.1 Å². The summed E-state index contributed by atoms with van der Waals surface area (Å²) in [5, 5.41) is 9.34. The van der Waals surface area contributed by atoms with E-state index in [1.54, 1.807) is 6.92 Å². The van der Waals surface area contributed by atoms with Gasteiger partial charge in [-0.3, -0.25) is 4.79 Å². The van der Waals surface area contributed by atoms with E-state index in [9.17, 15) is 23.1 Å². The van der Waals surface area contributed by atoms with E-state index >= 15 is 0 Å². The van der Waals surface area contributed by atoms with E-state index in [1.807, 2.05) is 4.72 Å². The Bertz CT molecular complexity index is 656. The van der Waals surface area contributed by atoms with Gasteiger partial charge in [0, 0.05) is 12.1 Å². The molecule has 0 spiro atoms. The van der Waals surface area contributed by atoms with Crippen LogP contribution in [0, 0.1) is 6.92 Å². The molecule has 0 heterocycles. The van der Waals surface area contributed by atoms with Crippen LogP contribution in [0.25, 0.3) is 0 Å². The number of methoxy groups -OCH3 is 1. The van der Waals surface area contributed by atoms with Crippen LogP contribution >= 0.6 is 0 Å². The van der Waals surface area contributed by atoms with E-state index in [4.69, 9.17) is 5.73 Å². The Morgan fingerprint density at radius 2 is 2.05 bits per heavy atom. The molecule has 1 amide bonds. The molecular formula is C12H16N2O6S. The SMILES string of the molecule is COC(=O)C(O)CNS(=O)(=O)c1ccc(C)c(C(N)=O)c1. The summed E-state index contributed by atoms with van der Waals surface area (Å²) in [6, 6.07) is 3.85. The first kappa shape index (κ1) is 17.1. The van der Waals surface area contributed by atoms with E-state index < -0.39 is 34.5 Å². The van der Waals surface area contributed by atoms with Gasteiger partial charge in [0.05, 0.1) is 12.0 Å². The maximum Gasteiger partial charge on any atom is 0.336 e. The number of ether oxygens (including phenoxy) is 1. The fraction of sp³-hybridized carbons (Fsp3) is 0.333. The highest BCUT2D eigenvalue weighted by Gasteiger charge is 2.21. The summed E-state index contributed by atoms with van der Waals surface area (Å²) in [6.45, 7) is 1.07. The second-order valence-electron chi connectivity index (χ2n) is 4.23. The molecule has 21 heavy (non-hydrogen) atoms. The van der Waals surface area contributed by atoms with Gasteiger partial charge in [-0.25, -0.2) is 17.9 Å². The van der Waals surface area contributed by atoms with Crippen LogP contribution in [0.2, 0.25) is 0 Å². The molecule has 1 aromatic rings. The summed E-state index contributed by atoms with van der Waals surface area (Å²) >= 11 is 0. The fourth-order valence-electron chi connectivity index (χ4n) is 1.53. The Morgan fingerprint density at radius 3 is 2.57 bits per heavy atom. The van der Waals surface area contributed by atoms with Gasteiger partial charge in [-0.1, -0.05) is 6.07 Å². The molecule has 4 N–H and O–H groups in total. The fourth-order valence-corrected chi connectivity index (χ4v) is 2.59. The summed E-state index contributed by atoms with van der Waals surface area (Å²) in [5.74, 6) is -1.71. The molecule has 1 rings (SSSR count). The minimum Gasteiger partial charge on any atom is -0.467 e. The van der Waals surface area contributed by atoms with Crippen molar-refractivity contribution in [1.29, 1.82) is 0 Å². The minimum atomic E-state index is -4.00. The lowest BCUT2D eigenvalue weighted by molar-refractivity contribution is -0.149. The Labute approximate surface area is 122 Å². The molecule has 0 fully saturated rings. The number of benzene rings is 1. The minimum absolute atomic E-state index is 0.0754.